The molecule has 8 heteroatoms. The molecular weight excluding hydrogens is 468 g/mol. The second-order valence-corrected chi connectivity index (χ2v) is 9.08. The van der Waals surface area contributed by atoms with Crippen molar-refractivity contribution >= 4 is 40.7 Å². The van der Waals surface area contributed by atoms with Crippen molar-refractivity contribution in [3.05, 3.63) is 101 Å². The quantitative estimate of drug-likeness (QED) is 0.312. The van der Waals surface area contributed by atoms with Gasteiger partial charge in [-0.15, -0.1) is 11.8 Å². The molecule has 0 saturated heterocycles. The molecule has 170 valence electrons. The smallest absolute Gasteiger partial charge is 0.326 e. The van der Waals surface area contributed by atoms with Gasteiger partial charge < -0.3 is 9.84 Å². The lowest BCUT2D eigenvalue weighted by Crippen LogP contribution is -2.46. The lowest BCUT2D eigenvalue weighted by molar-refractivity contribution is 0.244. The highest BCUT2D eigenvalue weighted by Crippen LogP contribution is 2.39. The number of thioether (sulfide) groups is 1. The number of hydrogen-bond donors (Lipinski definition) is 1. The lowest BCUT2D eigenvalue weighted by atomic mass is 9.94. The van der Waals surface area contributed by atoms with Gasteiger partial charge in [-0.05, 0) is 55.1 Å². The Labute approximate surface area is 206 Å². The number of halogens is 1. The normalized spacial score (nSPS) is 16.0. The molecule has 1 unspecified atom stereocenters. The van der Waals surface area contributed by atoms with Crippen molar-refractivity contribution in [3.63, 3.8) is 0 Å². The molecule has 0 aliphatic carbocycles. The van der Waals surface area contributed by atoms with E-state index in [1.165, 1.54) is 0 Å². The molecule has 34 heavy (non-hydrogen) atoms. The van der Waals surface area contributed by atoms with Gasteiger partial charge in [-0.1, -0.05) is 59.2 Å². The first-order chi connectivity index (χ1) is 16.5. The summed E-state index contributed by atoms with van der Waals surface area (Å²) in [6.45, 7) is 1.90. The van der Waals surface area contributed by atoms with Gasteiger partial charge in [0.15, 0.2) is 0 Å². The van der Waals surface area contributed by atoms with Gasteiger partial charge in [0.1, 0.15) is 0 Å². The highest BCUT2D eigenvalue weighted by molar-refractivity contribution is 7.98. The van der Waals surface area contributed by atoms with Crippen LogP contribution in [0.5, 0.6) is 0 Å². The zero-order valence-electron chi connectivity index (χ0n) is 18.5. The Kier molecular flexibility index (Phi) is 6.13. The second kappa shape index (κ2) is 9.37. The summed E-state index contributed by atoms with van der Waals surface area (Å²) < 4.78 is 5.74. The fraction of sp³-hybridized carbons (Fsp3) is 0.115. The number of amides is 2. The molecule has 1 aromatic heterocycles. The third kappa shape index (κ3) is 4.20. The highest BCUT2D eigenvalue weighted by atomic mass is 35.5. The zero-order chi connectivity index (χ0) is 23.7. The van der Waals surface area contributed by atoms with Gasteiger partial charge in [0.2, 0.25) is 5.82 Å². The second-order valence-electron chi connectivity index (χ2n) is 7.76. The minimum absolute atomic E-state index is 0.221. The molecular formula is C26H21ClN4O2S. The number of urea groups is 1. The van der Waals surface area contributed by atoms with Crippen molar-refractivity contribution in [2.75, 3.05) is 11.2 Å². The van der Waals surface area contributed by atoms with Crippen molar-refractivity contribution in [3.8, 4) is 11.4 Å². The predicted molar refractivity (Wildman–Crippen MR) is 136 cm³/mol. The predicted octanol–water partition coefficient (Wildman–Crippen LogP) is 6.81. The minimum atomic E-state index is -0.448. The molecule has 6 nitrogen and oxygen atoms in total. The average Bonchev–Trinajstić information content (AvgIpc) is 3.34. The van der Waals surface area contributed by atoms with E-state index < -0.39 is 6.04 Å². The molecule has 2 heterocycles. The first-order valence-electron chi connectivity index (χ1n) is 10.7. The molecule has 2 amide bonds. The Morgan fingerprint density at radius 3 is 2.50 bits per heavy atom. The number of carbonyl (C=O) groups is 1. The molecule has 1 N–H and O–H groups in total. The van der Waals surface area contributed by atoms with Gasteiger partial charge in [0.05, 0.1) is 17.3 Å². The van der Waals surface area contributed by atoms with Gasteiger partial charge in [0.25, 0.3) is 5.89 Å². The number of nitrogens with zero attached hydrogens (tertiary/aromatic N) is 3. The van der Waals surface area contributed by atoms with Gasteiger partial charge in [0, 0.05) is 21.2 Å². The summed E-state index contributed by atoms with van der Waals surface area (Å²) in [5.74, 6) is 0.768. The molecule has 4 aromatic rings. The molecule has 1 aliphatic rings. The number of para-hydroxylation sites is 1. The lowest BCUT2D eigenvalue weighted by Gasteiger charge is -2.35. The minimum Gasteiger partial charge on any atom is -0.334 e. The summed E-state index contributed by atoms with van der Waals surface area (Å²) in [6, 6.07) is 24.2. The molecule has 3 aromatic carbocycles. The van der Waals surface area contributed by atoms with Crippen LogP contribution in [0.2, 0.25) is 5.02 Å². The molecule has 5 rings (SSSR count). The van der Waals surface area contributed by atoms with Crippen LogP contribution in [0.3, 0.4) is 0 Å². The van der Waals surface area contributed by atoms with Crippen LogP contribution in [0.1, 0.15) is 24.4 Å². The fourth-order valence-electron chi connectivity index (χ4n) is 4.03. The topological polar surface area (TPSA) is 71.3 Å². The van der Waals surface area contributed by atoms with E-state index in [1.807, 2.05) is 79.9 Å². The van der Waals surface area contributed by atoms with Crippen LogP contribution in [0.15, 0.2) is 94.0 Å². The summed E-state index contributed by atoms with van der Waals surface area (Å²) in [5, 5.41) is 7.91. The Bertz CT molecular complexity index is 1370. The summed E-state index contributed by atoms with van der Waals surface area (Å²) >= 11 is 7.82. The van der Waals surface area contributed by atoms with Gasteiger partial charge in [-0.3, -0.25) is 4.90 Å². The van der Waals surface area contributed by atoms with Crippen LogP contribution < -0.4 is 10.2 Å². The van der Waals surface area contributed by atoms with E-state index in [1.54, 1.807) is 28.8 Å². The first-order valence-corrected chi connectivity index (χ1v) is 12.3. The standard InChI is InChI=1S/C26H21ClN4O2S/c1-16-22(25-29-24(30-33-25)18-7-6-8-19(27)15-18)23(17-11-13-21(34-2)14-12-17)28-26(32)31(16)20-9-4-3-5-10-20/h3-15,23H,1-2H3,(H,28,32). The molecule has 0 saturated carbocycles. The third-order valence-electron chi connectivity index (χ3n) is 5.69. The monoisotopic (exact) mass is 488 g/mol. The summed E-state index contributed by atoms with van der Waals surface area (Å²) in [7, 11) is 0. The van der Waals surface area contributed by atoms with E-state index in [0.29, 0.717) is 16.7 Å². The molecule has 0 spiro atoms. The maximum atomic E-state index is 13.2. The maximum Gasteiger partial charge on any atom is 0.326 e. The van der Waals surface area contributed by atoms with Crippen LogP contribution in [-0.4, -0.2) is 22.4 Å². The van der Waals surface area contributed by atoms with Crippen LogP contribution in [0.25, 0.3) is 17.0 Å². The molecule has 0 bridgehead atoms. The maximum absolute atomic E-state index is 13.2. The van der Waals surface area contributed by atoms with Crippen molar-refractivity contribution in [1.82, 2.24) is 15.5 Å². The number of carbonyl (C=O) groups excluding carboxylic acids is 1. The van der Waals surface area contributed by atoms with Crippen LogP contribution in [-0.2, 0) is 0 Å². The number of allylic oxidation sites excluding steroid dienone is 1. The van der Waals surface area contributed by atoms with E-state index in [9.17, 15) is 4.79 Å². The van der Waals surface area contributed by atoms with E-state index in [0.717, 1.165) is 33.0 Å². The van der Waals surface area contributed by atoms with Crippen molar-refractivity contribution in [1.29, 1.82) is 0 Å². The summed E-state index contributed by atoms with van der Waals surface area (Å²) in [4.78, 5) is 20.7. The number of anilines is 1. The van der Waals surface area contributed by atoms with Crippen LogP contribution >= 0.6 is 23.4 Å². The van der Waals surface area contributed by atoms with E-state index in [2.05, 4.69) is 15.5 Å². The average molecular weight is 489 g/mol. The van der Waals surface area contributed by atoms with E-state index in [4.69, 9.17) is 16.1 Å². The Balaban J connectivity index is 1.64. The number of rotatable bonds is 5. The largest absolute Gasteiger partial charge is 0.334 e. The fourth-order valence-corrected chi connectivity index (χ4v) is 4.63. The number of nitrogens with one attached hydrogen (secondary N) is 1. The van der Waals surface area contributed by atoms with Crippen molar-refractivity contribution in [2.45, 2.75) is 17.9 Å². The van der Waals surface area contributed by atoms with Crippen molar-refractivity contribution < 1.29 is 9.32 Å². The summed E-state index contributed by atoms with van der Waals surface area (Å²) in [5.41, 5.74) is 3.88. The first kappa shape index (κ1) is 22.3. The van der Waals surface area contributed by atoms with E-state index >= 15 is 0 Å². The Morgan fingerprint density at radius 1 is 1.03 bits per heavy atom. The SMILES string of the molecule is CSc1ccc(C2NC(=O)N(c3ccccc3)C(C)=C2c2nc(-c3cccc(Cl)c3)no2)cc1. The van der Waals surface area contributed by atoms with Gasteiger partial charge in [-0.2, -0.15) is 4.98 Å². The zero-order valence-corrected chi connectivity index (χ0v) is 20.1. The highest BCUT2D eigenvalue weighted by Gasteiger charge is 2.36. The third-order valence-corrected chi connectivity index (χ3v) is 6.67. The summed E-state index contributed by atoms with van der Waals surface area (Å²) in [6.07, 6.45) is 2.03. The van der Waals surface area contributed by atoms with Gasteiger partial charge >= 0.3 is 6.03 Å². The number of hydrogen-bond acceptors (Lipinski definition) is 5. The molecule has 0 fully saturated rings. The van der Waals surface area contributed by atoms with E-state index in [-0.39, 0.29) is 6.03 Å². The van der Waals surface area contributed by atoms with Gasteiger partial charge in [-0.25, -0.2) is 4.79 Å². The number of aromatic nitrogens is 2. The Morgan fingerprint density at radius 2 is 1.79 bits per heavy atom. The number of benzene rings is 3. The van der Waals surface area contributed by atoms with Crippen LogP contribution in [0, 0.1) is 0 Å². The molecule has 1 aliphatic heterocycles. The molecule has 1 atom stereocenters. The Hall–Kier alpha value is -3.55. The molecule has 0 radical (unpaired) electrons. The van der Waals surface area contributed by atoms with Crippen LogP contribution in [0.4, 0.5) is 10.5 Å². The van der Waals surface area contributed by atoms with Crippen molar-refractivity contribution in [2.24, 2.45) is 0 Å².